The number of carbonyl (C=O) groups excluding carboxylic acids is 5. The second-order valence-corrected chi connectivity index (χ2v) is 12.4. The van der Waals surface area contributed by atoms with Crippen molar-refractivity contribution in [2.75, 3.05) is 79.5 Å². The van der Waals surface area contributed by atoms with E-state index in [0.717, 1.165) is 6.42 Å². The number of carboxylic acids is 2. The van der Waals surface area contributed by atoms with Crippen LogP contribution in [0.3, 0.4) is 0 Å². The van der Waals surface area contributed by atoms with Gasteiger partial charge in [-0.25, -0.2) is 4.79 Å². The molecule has 0 aromatic heterocycles. The Bertz CT molecular complexity index is 1090. The molecule has 3 atom stereocenters. The summed E-state index contributed by atoms with van der Waals surface area (Å²) in [5, 5.41) is 31.8. The van der Waals surface area contributed by atoms with Gasteiger partial charge in [0.15, 0.2) is 0 Å². The maximum Gasteiger partial charge on any atom is 0.326 e. The molecule has 294 valence electrons. The summed E-state index contributed by atoms with van der Waals surface area (Å²) in [5.74, 6) is -5.16. The number of carbonyl (C=O) groups is 7. The number of carboxylic acid groups (broad SMARTS) is 2. The van der Waals surface area contributed by atoms with Crippen LogP contribution in [0.15, 0.2) is 0 Å². The number of amides is 5. The molecule has 0 bridgehead atoms. The number of nitrogens with one attached hydrogen (secondary N) is 5. The van der Waals surface area contributed by atoms with Crippen molar-refractivity contribution in [2.24, 2.45) is 17.1 Å². The fraction of sp³-hybridized carbons (Fsp3) is 0.781. The van der Waals surface area contributed by atoms with Gasteiger partial charge in [0.2, 0.25) is 29.5 Å². The van der Waals surface area contributed by atoms with E-state index in [9.17, 15) is 43.8 Å². The molecule has 0 heterocycles. The van der Waals surface area contributed by atoms with Crippen LogP contribution in [0.2, 0.25) is 0 Å². The molecule has 0 aliphatic carbocycles. The second-order valence-electron chi connectivity index (χ2n) is 12.4. The SMILES string of the molecule is CNC(CCCCNC(=O)COCCOCCNC(=O)COCCOCCNC(=O)CCC(NC(=O)C(C)CC(C)(C)C(=O)O)C(=O)O)C(N)=O. The lowest BCUT2D eigenvalue weighted by molar-refractivity contribution is -0.149. The zero-order chi connectivity index (χ0) is 38.7. The first-order chi connectivity index (χ1) is 24.1. The molecule has 9 N–H and O–H groups in total. The first-order valence-electron chi connectivity index (χ1n) is 16.9. The molecule has 0 spiro atoms. The fourth-order valence-electron chi connectivity index (χ4n) is 4.41. The maximum absolute atomic E-state index is 12.4. The van der Waals surface area contributed by atoms with E-state index in [1.54, 1.807) is 7.05 Å². The lowest BCUT2D eigenvalue weighted by Crippen LogP contribution is -2.45. The van der Waals surface area contributed by atoms with Gasteiger partial charge in [0.25, 0.3) is 0 Å². The molecule has 5 amide bonds. The first kappa shape index (κ1) is 47.1. The summed E-state index contributed by atoms with van der Waals surface area (Å²) in [6.45, 7) is 6.21. The normalized spacial score (nSPS) is 13.0. The molecule has 0 radical (unpaired) electrons. The Morgan fingerprint density at radius 3 is 1.69 bits per heavy atom. The molecule has 0 saturated carbocycles. The Labute approximate surface area is 298 Å². The van der Waals surface area contributed by atoms with E-state index in [-0.39, 0.29) is 103 Å². The highest BCUT2D eigenvalue weighted by Gasteiger charge is 2.33. The second kappa shape index (κ2) is 27.8. The Morgan fingerprint density at radius 2 is 1.20 bits per heavy atom. The summed E-state index contributed by atoms with van der Waals surface area (Å²) < 4.78 is 21.2. The molecule has 0 aromatic rings. The molecule has 3 unspecified atom stereocenters. The minimum atomic E-state index is -1.31. The summed E-state index contributed by atoms with van der Waals surface area (Å²) in [6, 6.07) is -1.68. The van der Waals surface area contributed by atoms with Crippen LogP contribution in [-0.4, -0.2) is 143 Å². The van der Waals surface area contributed by atoms with Crippen LogP contribution in [-0.2, 0) is 52.5 Å². The van der Waals surface area contributed by atoms with Crippen molar-refractivity contribution >= 4 is 41.5 Å². The molecule has 0 rings (SSSR count). The molecule has 0 aromatic carbocycles. The zero-order valence-electron chi connectivity index (χ0n) is 30.2. The van der Waals surface area contributed by atoms with Gasteiger partial charge in [-0.05, 0) is 53.0 Å². The fourth-order valence-corrected chi connectivity index (χ4v) is 4.41. The van der Waals surface area contributed by atoms with Crippen molar-refractivity contribution in [2.45, 2.75) is 71.4 Å². The summed E-state index contributed by atoms with van der Waals surface area (Å²) >= 11 is 0. The quantitative estimate of drug-likeness (QED) is 0.0352. The van der Waals surface area contributed by atoms with Crippen LogP contribution in [0.25, 0.3) is 0 Å². The van der Waals surface area contributed by atoms with E-state index < -0.39 is 47.0 Å². The van der Waals surface area contributed by atoms with Crippen LogP contribution in [0, 0.1) is 11.3 Å². The standard InChI is InChI=1S/C32H58N6O13/c1-22(19-32(2,3)31(46)47)29(43)38-24(30(44)45)8-9-25(39)36-11-13-48-15-18-51-21-27(41)37-12-14-49-16-17-50-20-26(40)35-10-6-5-7-23(34-4)28(33)42/h22-24,34H,5-21H2,1-4H3,(H2,33,42)(H,35,40)(H,36,39)(H,37,41)(H,38,43)(H,44,45)(H,46,47). The smallest absolute Gasteiger partial charge is 0.326 e. The van der Waals surface area contributed by atoms with E-state index in [1.165, 1.54) is 20.8 Å². The third-order valence-corrected chi connectivity index (χ3v) is 7.40. The average Bonchev–Trinajstić information content (AvgIpc) is 3.06. The monoisotopic (exact) mass is 734 g/mol. The van der Waals surface area contributed by atoms with Gasteiger partial charge in [-0.3, -0.25) is 28.8 Å². The molecule has 0 aliphatic heterocycles. The number of hydrogen-bond acceptors (Lipinski definition) is 12. The molecular weight excluding hydrogens is 676 g/mol. The van der Waals surface area contributed by atoms with Crippen molar-refractivity contribution in [3.63, 3.8) is 0 Å². The number of aliphatic carboxylic acids is 2. The predicted octanol–water partition coefficient (Wildman–Crippen LogP) is -1.87. The van der Waals surface area contributed by atoms with Crippen molar-refractivity contribution in [1.29, 1.82) is 0 Å². The third kappa shape index (κ3) is 24.8. The number of hydrogen-bond donors (Lipinski definition) is 8. The van der Waals surface area contributed by atoms with Crippen molar-refractivity contribution in [3.8, 4) is 0 Å². The van der Waals surface area contributed by atoms with Crippen molar-refractivity contribution < 1.29 is 62.7 Å². The van der Waals surface area contributed by atoms with Crippen LogP contribution in [0.4, 0.5) is 0 Å². The van der Waals surface area contributed by atoms with Gasteiger partial charge in [-0.15, -0.1) is 0 Å². The van der Waals surface area contributed by atoms with Gasteiger partial charge < -0.3 is 61.5 Å². The largest absolute Gasteiger partial charge is 0.481 e. The Balaban J connectivity index is 3.78. The summed E-state index contributed by atoms with van der Waals surface area (Å²) in [5.41, 5.74) is 4.10. The van der Waals surface area contributed by atoms with Crippen molar-refractivity contribution in [1.82, 2.24) is 26.6 Å². The average molecular weight is 735 g/mol. The van der Waals surface area contributed by atoms with E-state index in [0.29, 0.717) is 19.4 Å². The van der Waals surface area contributed by atoms with E-state index in [1.807, 2.05) is 0 Å². The predicted molar refractivity (Wildman–Crippen MR) is 182 cm³/mol. The minimum Gasteiger partial charge on any atom is -0.481 e. The van der Waals surface area contributed by atoms with Gasteiger partial charge in [0.1, 0.15) is 19.3 Å². The van der Waals surface area contributed by atoms with Crippen LogP contribution >= 0.6 is 0 Å². The van der Waals surface area contributed by atoms with Gasteiger partial charge in [0.05, 0.1) is 51.1 Å². The maximum atomic E-state index is 12.4. The Morgan fingerprint density at radius 1 is 0.686 bits per heavy atom. The molecular formula is C32H58N6O13. The Hall–Kier alpha value is -3.91. The van der Waals surface area contributed by atoms with E-state index in [4.69, 9.17) is 24.7 Å². The first-order valence-corrected chi connectivity index (χ1v) is 16.9. The molecule has 19 nitrogen and oxygen atoms in total. The zero-order valence-corrected chi connectivity index (χ0v) is 30.2. The summed E-state index contributed by atoms with van der Waals surface area (Å²) in [7, 11) is 1.67. The molecule has 0 fully saturated rings. The highest BCUT2D eigenvalue weighted by Crippen LogP contribution is 2.25. The number of unbranched alkanes of at least 4 members (excludes halogenated alkanes) is 1. The van der Waals surface area contributed by atoms with Crippen LogP contribution in [0.1, 0.15) is 59.3 Å². The number of nitrogens with two attached hydrogens (primary N) is 1. The highest BCUT2D eigenvalue weighted by atomic mass is 16.5. The lowest BCUT2D eigenvalue weighted by Gasteiger charge is -2.24. The summed E-state index contributed by atoms with van der Waals surface area (Å²) in [4.78, 5) is 82.1. The third-order valence-electron chi connectivity index (χ3n) is 7.40. The molecule has 51 heavy (non-hydrogen) atoms. The minimum absolute atomic E-state index is 0.0155. The van der Waals surface area contributed by atoms with Gasteiger partial charge >= 0.3 is 11.9 Å². The topological polar surface area (TPSA) is 283 Å². The van der Waals surface area contributed by atoms with Gasteiger partial charge in [-0.2, -0.15) is 0 Å². The van der Waals surface area contributed by atoms with E-state index >= 15 is 0 Å². The highest BCUT2D eigenvalue weighted by molar-refractivity contribution is 5.86. The van der Waals surface area contributed by atoms with Crippen molar-refractivity contribution in [3.05, 3.63) is 0 Å². The van der Waals surface area contributed by atoms with Crippen LogP contribution < -0.4 is 32.3 Å². The molecule has 19 heteroatoms. The number of likely N-dealkylation sites (N-methyl/N-ethyl adjacent to an activating group) is 1. The molecule has 0 saturated heterocycles. The number of rotatable bonds is 32. The lowest BCUT2D eigenvalue weighted by atomic mass is 9.83. The molecule has 0 aliphatic rings. The van der Waals surface area contributed by atoms with Gasteiger partial charge in [-0.1, -0.05) is 6.92 Å². The summed E-state index contributed by atoms with van der Waals surface area (Å²) in [6.07, 6.45) is 1.74. The number of ether oxygens (including phenoxy) is 4. The van der Waals surface area contributed by atoms with Gasteiger partial charge in [0, 0.05) is 32.0 Å². The number of primary amides is 1. The van der Waals surface area contributed by atoms with E-state index in [2.05, 4.69) is 26.6 Å². The van der Waals surface area contributed by atoms with Crippen LogP contribution in [0.5, 0.6) is 0 Å². The Kier molecular flexibility index (Phi) is 25.6.